The third kappa shape index (κ3) is 2.78. The van der Waals surface area contributed by atoms with E-state index in [0.29, 0.717) is 11.9 Å². The molecule has 2 rings (SSSR count). The molecule has 15 heavy (non-hydrogen) atoms. The molecule has 1 unspecified atom stereocenters. The number of rotatable bonds is 5. The van der Waals surface area contributed by atoms with E-state index in [1.807, 2.05) is 6.26 Å². The van der Waals surface area contributed by atoms with Gasteiger partial charge in [-0.1, -0.05) is 12.8 Å². The van der Waals surface area contributed by atoms with Crippen molar-refractivity contribution in [3.05, 3.63) is 0 Å². The first kappa shape index (κ1) is 11.1. The van der Waals surface area contributed by atoms with Crippen molar-refractivity contribution < 1.29 is 0 Å². The van der Waals surface area contributed by atoms with Crippen molar-refractivity contribution in [3.63, 3.8) is 0 Å². The molecule has 1 aliphatic carbocycles. The first-order valence-corrected chi connectivity index (χ1v) is 7.26. The largest absolute Gasteiger partial charge is 0.382 e. The molecule has 0 radical (unpaired) electrons. The van der Waals surface area contributed by atoms with Crippen molar-refractivity contribution in [3.8, 4) is 0 Å². The van der Waals surface area contributed by atoms with E-state index < -0.39 is 0 Å². The molecular formula is C10H17N3S2. The van der Waals surface area contributed by atoms with Crippen molar-refractivity contribution in [1.29, 1.82) is 0 Å². The highest BCUT2D eigenvalue weighted by Gasteiger charge is 2.24. The average Bonchev–Trinajstić information content (AvgIpc) is 2.92. The van der Waals surface area contributed by atoms with E-state index in [4.69, 9.17) is 5.73 Å². The third-order valence-corrected chi connectivity index (χ3v) is 4.38. The Balaban J connectivity index is 1.95. The molecule has 1 aromatic heterocycles. The summed E-state index contributed by atoms with van der Waals surface area (Å²) >= 11 is 3.14. The van der Waals surface area contributed by atoms with Crippen LogP contribution in [-0.4, -0.2) is 16.7 Å². The quantitative estimate of drug-likeness (QED) is 0.780. The van der Waals surface area contributed by atoms with Gasteiger partial charge in [0.15, 0.2) is 5.82 Å². The summed E-state index contributed by atoms with van der Waals surface area (Å²) in [5, 5.41) is 4.64. The summed E-state index contributed by atoms with van der Waals surface area (Å²) in [6.45, 7) is 2.23. The molecule has 1 saturated carbocycles. The fraction of sp³-hybridized carbons (Fsp3) is 0.700. The van der Waals surface area contributed by atoms with Crippen molar-refractivity contribution in [2.75, 3.05) is 17.3 Å². The molecule has 0 aromatic carbocycles. The molecule has 1 fully saturated rings. The normalized spacial score (nSPS) is 17.7. The summed E-state index contributed by atoms with van der Waals surface area (Å²) < 4.78 is 4.17. The Morgan fingerprint density at radius 3 is 3.00 bits per heavy atom. The lowest BCUT2D eigenvalue weighted by atomic mass is 10.2. The number of thioether (sulfide) groups is 1. The van der Waals surface area contributed by atoms with E-state index in [0.717, 1.165) is 15.8 Å². The summed E-state index contributed by atoms with van der Waals surface area (Å²) in [7, 11) is 0. The molecule has 84 valence electrons. The molecule has 5 heteroatoms. The van der Waals surface area contributed by atoms with Gasteiger partial charge in [-0.15, -0.1) is 11.8 Å². The Kier molecular flexibility index (Phi) is 3.41. The maximum absolute atomic E-state index is 5.78. The molecule has 0 saturated heterocycles. The van der Waals surface area contributed by atoms with Crippen molar-refractivity contribution in [2.45, 2.75) is 37.1 Å². The minimum atomic E-state index is 0.531. The molecule has 3 nitrogen and oxygen atoms in total. The number of hydrogen-bond donors (Lipinski definition) is 2. The van der Waals surface area contributed by atoms with Crippen LogP contribution >= 0.6 is 23.3 Å². The molecule has 1 atom stereocenters. The summed E-state index contributed by atoms with van der Waals surface area (Å²) in [5.74, 6) is 1.61. The first-order valence-electron chi connectivity index (χ1n) is 5.26. The molecule has 1 heterocycles. The van der Waals surface area contributed by atoms with Crippen molar-refractivity contribution in [2.24, 2.45) is 5.92 Å². The highest BCUT2D eigenvalue weighted by molar-refractivity contribution is 7.99. The monoisotopic (exact) mass is 243 g/mol. The number of nitrogens with two attached hydrogens (primary N) is 1. The standard InChI is InChI=1S/C10H17N3S2/c1-6(5-7-3-4-7)12-10-8(14-2)9(11)13-15-10/h6-7,12H,3-5H2,1-2H3,(H2,11,13). The van der Waals surface area contributed by atoms with Crippen LogP contribution < -0.4 is 11.1 Å². The smallest absolute Gasteiger partial charge is 0.153 e. The van der Waals surface area contributed by atoms with Crippen LogP contribution in [0.25, 0.3) is 0 Å². The van der Waals surface area contributed by atoms with Gasteiger partial charge in [0.05, 0.1) is 4.90 Å². The summed E-state index contributed by atoms with van der Waals surface area (Å²) in [6, 6.07) is 0.531. The number of nitrogen functional groups attached to an aromatic ring is 1. The van der Waals surface area contributed by atoms with Gasteiger partial charge >= 0.3 is 0 Å². The van der Waals surface area contributed by atoms with Crippen molar-refractivity contribution >= 4 is 34.1 Å². The molecule has 0 aliphatic heterocycles. The second-order valence-electron chi connectivity index (χ2n) is 4.15. The maximum Gasteiger partial charge on any atom is 0.153 e. The van der Waals surface area contributed by atoms with E-state index in [2.05, 4.69) is 16.6 Å². The molecule has 0 bridgehead atoms. The molecule has 3 N–H and O–H groups in total. The van der Waals surface area contributed by atoms with Crippen molar-refractivity contribution in [1.82, 2.24) is 4.37 Å². The SMILES string of the molecule is CSc1c(N)nsc1NC(C)CC1CC1. The number of nitrogens with zero attached hydrogens (tertiary/aromatic N) is 1. The molecular weight excluding hydrogens is 226 g/mol. The zero-order valence-corrected chi connectivity index (χ0v) is 10.8. The minimum Gasteiger partial charge on any atom is -0.382 e. The predicted molar refractivity (Wildman–Crippen MR) is 68.7 cm³/mol. The summed E-state index contributed by atoms with van der Waals surface area (Å²) in [4.78, 5) is 1.10. The van der Waals surface area contributed by atoms with Gasteiger partial charge in [0.2, 0.25) is 0 Å². The molecule has 0 amide bonds. The Morgan fingerprint density at radius 2 is 2.40 bits per heavy atom. The van der Waals surface area contributed by atoms with Gasteiger partial charge in [-0.2, -0.15) is 4.37 Å². The summed E-state index contributed by atoms with van der Waals surface area (Å²) in [5.41, 5.74) is 5.78. The molecule has 0 spiro atoms. The first-order chi connectivity index (χ1) is 7.20. The second kappa shape index (κ2) is 4.61. The Morgan fingerprint density at radius 1 is 1.67 bits per heavy atom. The number of anilines is 2. The summed E-state index contributed by atoms with van der Waals surface area (Å²) in [6.07, 6.45) is 6.13. The van der Waals surface area contributed by atoms with Crippen LogP contribution in [0.5, 0.6) is 0 Å². The second-order valence-corrected chi connectivity index (χ2v) is 5.74. The zero-order valence-electron chi connectivity index (χ0n) is 9.12. The highest BCUT2D eigenvalue weighted by Crippen LogP contribution is 2.37. The number of nitrogens with one attached hydrogen (secondary N) is 1. The van der Waals surface area contributed by atoms with Gasteiger partial charge in [0.1, 0.15) is 5.00 Å². The topological polar surface area (TPSA) is 50.9 Å². The lowest BCUT2D eigenvalue weighted by Crippen LogP contribution is -2.15. The Bertz CT molecular complexity index is 333. The number of hydrogen-bond acceptors (Lipinski definition) is 5. The lowest BCUT2D eigenvalue weighted by Gasteiger charge is -2.13. The number of aromatic nitrogens is 1. The fourth-order valence-electron chi connectivity index (χ4n) is 1.72. The van der Waals surface area contributed by atoms with Gasteiger partial charge in [0.25, 0.3) is 0 Å². The van der Waals surface area contributed by atoms with Gasteiger partial charge < -0.3 is 11.1 Å². The van der Waals surface area contributed by atoms with Crippen LogP contribution in [0.3, 0.4) is 0 Å². The van der Waals surface area contributed by atoms with Crippen LogP contribution in [0, 0.1) is 5.92 Å². The highest BCUT2D eigenvalue weighted by atomic mass is 32.2. The van der Waals surface area contributed by atoms with E-state index in [1.54, 1.807) is 11.8 Å². The van der Waals surface area contributed by atoms with Crippen LogP contribution in [0.1, 0.15) is 26.2 Å². The zero-order chi connectivity index (χ0) is 10.8. The fourth-order valence-corrected chi connectivity index (χ4v) is 3.36. The van der Waals surface area contributed by atoms with E-state index in [1.165, 1.54) is 30.8 Å². The Labute approximate surface area is 99.0 Å². The van der Waals surface area contributed by atoms with Gasteiger partial charge in [-0.3, -0.25) is 0 Å². The van der Waals surface area contributed by atoms with Crippen LogP contribution in [0.4, 0.5) is 10.8 Å². The minimum absolute atomic E-state index is 0.531. The van der Waals surface area contributed by atoms with Gasteiger partial charge in [-0.25, -0.2) is 0 Å². The lowest BCUT2D eigenvalue weighted by molar-refractivity contribution is 0.642. The average molecular weight is 243 g/mol. The van der Waals surface area contributed by atoms with Crippen LogP contribution in [0.15, 0.2) is 4.90 Å². The molecule has 1 aliphatic rings. The maximum atomic E-state index is 5.78. The van der Waals surface area contributed by atoms with E-state index >= 15 is 0 Å². The van der Waals surface area contributed by atoms with E-state index in [-0.39, 0.29) is 0 Å². The van der Waals surface area contributed by atoms with E-state index in [9.17, 15) is 0 Å². The third-order valence-electron chi connectivity index (χ3n) is 2.64. The Hall–Kier alpha value is -0.420. The molecule has 1 aromatic rings. The van der Waals surface area contributed by atoms with Crippen LogP contribution in [0.2, 0.25) is 0 Å². The predicted octanol–water partition coefficient (Wildman–Crippen LogP) is 3.05. The van der Waals surface area contributed by atoms with Gasteiger partial charge in [-0.05, 0) is 37.1 Å². The van der Waals surface area contributed by atoms with Crippen LogP contribution in [-0.2, 0) is 0 Å². The van der Waals surface area contributed by atoms with Gasteiger partial charge in [0, 0.05) is 6.04 Å².